The zero-order valence-electron chi connectivity index (χ0n) is 18.0. The summed E-state index contributed by atoms with van der Waals surface area (Å²) in [6, 6.07) is 13.8. The first-order valence-electron chi connectivity index (χ1n) is 10.4. The summed E-state index contributed by atoms with van der Waals surface area (Å²) in [6.45, 7) is 5.02. The van der Waals surface area contributed by atoms with Gasteiger partial charge in [0.25, 0.3) is 5.91 Å². The molecule has 6 nitrogen and oxygen atoms in total. The van der Waals surface area contributed by atoms with Gasteiger partial charge in [-0.3, -0.25) is 14.3 Å². The second kappa shape index (κ2) is 11.2. The molecule has 0 fully saturated rings. The Hall–Kier alpha value is -2.83. The highest BCUT2D eigenvalue weighted by atomic mass is 35.5. The molecule has 0 saturated heterocycles. The van der Waals surface area contributed by atoms with Crippen LogP contribution in [0.25, 0.3) is 0 Å². The Balaban J connectivity index is 1.64. The minimum atomic E-state index is -0.679. The van der Waals surface area contributed by atoms with E-state index in [0.717, 1.165) is 11.1 Å². The number of hydrogen-bond acceptors (Lipinski definition) is 3. The third kappa shape index (κ3) is 6.84. The summed E-state index contributed by atoms with van der Waals surface area (Å²) in [7, 11) is 0. The van der Waals surface area contributed by atoms with Crippen LogP contribution in [0.15, 0.2) is 60.9 Å². The lowest BCUT2D eigenvalue weighted by Crippen LogP contribution is -2.47. The molecule has 8 heteroatoms. The van der Waals surface area contributed by atoms with Crippen LogP contribution in [0.2, 0.25) is 10.0 Å². The number of rotatable bonds is 9. The summed E-state index contributed by atoms with van der Waals surface area (Å²) >= 11 is 12.1. The molecule has 2 aromatic carbocycles. The van der Waals surface area contributed by atoms with Gasteiger partial charge in [-0.25, -0.2) is 0 Å². The average molecular weight is 473 g/mol. The first kappa shape index (κ1) is 23.8. The molecule has 0 aliphatic carbocycles. The summed E-state index contributed by atoms with van der Waals surface area (Å²) in [6.07, 6.45) is 4.15. The Labute approximate surface area is 197 Å². The second-order valence-electron chi connectivity index (χ2n) is 8.02. The first-order valence-corrected chi connectivity index (χ1v) is 11.2. The van der Waals surface area contributed by atoms with Crippen LogP contribution in [0.3, 0.4) is 0 Å². The van der Waals surface area contributed by atoms with Gasteiger partial charge in [0.1, 0.15) is 6.04 Å². The van der Waals surface area contributed by atoms with E-state index in [0.29, 0.717) is 24.5 Å². The van der Waals surface area contributed by atoms with Crippen molar-refractivity contribution in [2.75, 3.05) is 0 Å². The van der Waals surface area contributed by atoms with Crippen LogP contribution < -0.4 is 10.6 Å². The van der Waals surface area contributed by atoms with Crippen molar-refractivity contribution in [2.45, 2.75) is 39.4 Å². The van der Waals surface area contributed by atoms with E-state index in [1.165, 1.54) is 6.07 Å². The minimum Gasteiger partial charge on any atom is -0.350 e. The normalized spacial score (nSPS) is 11.9. The largest absolute Gasteiger partial charge is 0.350 e. The van der Waals surface area contributed by atoms with Gasteiger partial charge in [-0.15, -0.1) is 0 Å². The Morgan fingerprint density at radius 3 is 2.53 bits per heavy atom. The van der Waals surface area contributed by atoms with Gasteiger partial charge in [-0.2, -0.15) is 5.10 Å². The number of carbonyl (C=O) groups excluding carboxylic acids is 2. The van der Waals surface area contributed by atoms with E-state index in [2.05, 4.69) is 15.7 Å². The number of nitrogens with one attached hydrogen (secondary N) is 2. The van der Waals surface area contributed by atoms with Crippen LogP contribution in [-0.2, 0) is 17.9 Å². The maximum Gasteiger partial charge on any atom is 0.253 e. The molecule has 3 rings (SSSR count). The molecule has 0 radical (unpaired) electrons. The summed E-state index contributed by atoms with van der Waals surface area (Å²) in [4.78, 5) is 25.6. The number of benzene rings is 2. The van der Waals surface area contributed by atoms with Gasteiger partial charge >= 0.3 is 0 Å². The number of hydrogen-bond donors (Lipinski definition) is 2. The van der Waals surface area contributed by atoms with Crippen LogP contribution >= 0.6 is 23.2 Å². The van der Waals surface area contributed by atoms with Gasteiger partial charge in [-0.05, 0) is 47.7 Å². The van der Waals surface area contributed by atoms with Crippen LogP contribution in [0, 0.1) is 5.92 Å². The maximum atomic E-state index is 12.9. The topological polar surface area (TPSA) is 76.0 Å². The molecule has 1 aromatic heterocycles. The van der Waals surface area contributed by atoms with Gasteiger partial charge in [0, 0.05) is 24.0 Å². The monoisotopic (exact) mass is 472 g/mol. The van der Waals surface area contributed by atoms with Crippen molar-refractivity contribution in [3.05, 3.63) is 87.7 Å². The van der Waals surface area contributed by atoms with E-state index in [4.69, 9.17) is 23.2 Å². The van der Waals surface area contributed by atoms with Crippen molar-refractivity contribution >= 4 is 35.0 Å². The number of nitrogens with zero attached hydrogens (tertiary/aromatic N) is 2. The molecule has 0 bridgehead atoms. The van der Waals surface area contributed by atoms with Crippen molar-refractivity contribution < 1.29 is 9.59 Å². The number of aromatic nitrogens is 2. The fraction of sp³-hybridized carbons (Fsp3) is 0.292. The molecule has 0 aliphatic heterocycles. The SMILES string of the molecule is CC(C)C[C@H](NC(=O)c1ccc(Cl)cc1Cl)C(=O)NCc1cccc(Cn2cccn2)c1. The molecule has 0 spiro atoms. The summed E-state index contributed by atoms with van der Waals surface area (Å²) in [5, 5.41) is 10.7. The van der Waals surface area contributed by atoms with Crippen molar-refractivity contribution in [3.63, 3.8) is 0 Å². The Morgan fingerprint density at radius 1 is 1.06 bits per heavy atom. The lowest BCUT2D eigenvalue weighted by molar-refractivity contribution is -0.123. The van der Waals surface area contributed by atoms with Gasteiger partial charge in [0.15, 0.2) is 0 Å². The fourth-order valence-electron chi connectivity index (χ4n) is 3.34. The minimum absolute atomic E-state index is 0.212. The lowest BCUT2D eigenvalue weighted by atomic mass is 10.0. The molecule has 2 amide bonds. The quantitative estimate of drug-likeness (QED) is 0.473. The predicted molar refractivity (Wildman–Crippen MR) is 127 cm³/mol. The molecule has 168 valence electrons. The molecule has 0 unspecified atom stereocenters. The molecule has 1 heterocycles. The van der Waals surface area contributed by atoms with E-state index in [1.807, 2.05) is 55.1 Å². The van der Waals surface area contributed by atoms with E-state index in [9.17, 15) is 9.59 Å². The number of halogens is 2. The van der Waals surface area contributed by atoms with Crippen molar-refractivity contribution in [3.8, 4) is 0 Å². The molecule has 0 saturated carbocycles. The van der Waals surface area contributed by atoms with E-state index < -0.39 is 11.9 Å². The Kier molecular flexibility index (Phi) is 8.31. The molecule has 0 aliphatic rings. The van der Waals surface area contributed by atoms with Crippen LogP contribution in [-0.4, -0.2) is 27.6 Å². The molecular formula is C24H26Cl2N4O2. The lowest BCUT2D eigenvalue weighted by Gasteiger charge is -2.21. The van der Waals surface area contributed by atoms with Crippen LogP contribution in [0.4, 0.5) is 0 Å². The molecule has 32 heavy (non-hydrogen) atoms. The first-order chi connectivity index (χ1) is 15.3. The van der Waals surface area contributed by atoms with Gasteiger partial charge in [0.05, 0.1) is 17.1 Å². The zero-order chi connectivity index (χ0) is 23.1. The smallest absolute Gasteiger partial charge is 0.253 e. The molecule has 3 aromatic rings. The highest BCUT2D eigenvalue weighted by molar-refractivity contribution is 6.36. The van der Waals surface area contributed by atoms with Crippen molar-refractivity contribution in [1.82, 2.24) is 20.4 Å². The van der Waals surface area contributed by atoms with E-state index in [1.54, 1.807) is 18.3 Å². The van der Waals surface area contributed by atoms with Crippen LogP contribution in [0.1, 0.15) is 41.8 Å². The maximum absolute atomic E-state index is 12.9. The van der Waals surface area contributed by atoms with E-state index in [-0.39, 0.29) is 22.4 Å². The van der Waals surface area contributed by atoms with Gasteiger partial charge < -0.3 is 10.6 Å². The van der Waals surface area contributed by atoms with Gasteiger partial charge in [-0.1, -0.05) is 61.3 Å². The second-order valence-corrected chi connectivity index (χ2v) is 8.86. The van der Waals surface area contributed by atoms with Crippen LogP contribution in [0.5, 0.6) is 0 Å². The van der Waals surface area contributed by atoms with E-state index >= 15 is 0 Å². The summed E-state index contributed by atoms with van der Waals surface area (Å²) in [5.41, 5.74) is 2.34. The van der Waals surface area contributed by atoms with Crippen molar-refractivity contribution in [2.24, 2.45) is 5.92 Å². The molecular weight excluding hydrogens is 447 g/mol. The highest BCUT2D eigenvalue weighted by Gasteiger charge is 2.23. The summed E-state index contributed by atoms with van der Waals surface area (Å²) < 4.78 is 1.84. The summed E-state index contributed by atoms with van der Waals surface area (Å²) in [5.74, 6) is -0.438. The number of amides is 2. The zero-order valence-corrected chi connectivity index (χ0v) is 19.5. The van der Waals surface area contributed by atoms with Gasteiger partial charge in [0.2, 0.25) is 5.91 Å². The fourth-order valence-corrected chi connectivity index (χ4v) is 3.84. The molecule has 1 atom stereocenters. The highest BCUT2D eigenvalue weighted by Crippen LogP contribution is 2.21. The Bertz CT molecular complexity index is 1070. The average Bonchev–Trinajstić information content (AvgIpc) is 3.24. The van der Waals surface area contributed by atoms with Crippen molar-refractivity contribution in [1.29, 1.82) is 0 Å². The Morgan fingerprint density at radius 2 is 1.84 bits per heavy atom. The predicted octanol–water partition coefficient (Wildman–Crippen LogP) is 4.70. The number of carbonyl (C=O) groups is 2. The third-order valence-electron chi connectivity index (χ3n) is 4.87. The standard InChI is InChI=1S/C24H26Cl2N4O2/c1-16(2)11-22(29-23(31)20-8-7-19(25)13-21(20)26)24(32)27-14-17-5-3-6-18(12-17)15-30-10-4-9-28-30/h3-10,12-13,16,22H,11,14-15H2,1-2H3,(H,27,32)(H,29,31)/t22-/m0/s1. The third-order valence-corrected chi connectivity index (χ3v) is 5.41. The molecule has 2 N–H and O–H groups in total.